The van der Waals surface area contributed by atoms with Crippen molar-refractivity contribution in [1.82, 2.24) is 5.43 Å². The van der Waals surface area contributed by atoms with Crippen LogP contribution in [0.3, 0.4) is 0 Å². The molecule has 25 heavy (non-hydrogen) atoms. The van der Waals surface area contributed by atoms with Crippen LogP contribution in [0.25, 0.3) is 0 Å². The lowest BCUT2D eigenvalue weighted by atomic mass is 9.70. The molecule has 6 nitrogen and oxygen atoms in total. The fourth-order valence-corrected chi connectivity index (χ4v) is 4.20. The lowest BCUT2D eigenvalue weighted by molar-refractivity contribution is -0.123. The van der Waals surface area contributed by atoms with Crippen LogP contribution in [0.1, 0.15) is 50.4 Å². The summed E-state index contributed by atoms with van der Waals surface area (Å²) in [7, 11) is 0. The summed E-state index contributed by atoms with van der Waals surface area (Å²) in [5.41, 5.74) is 9.48. The molecule has 2 aliphatic carbocycles. The number of ether oxygens (including phenoxy) is 1. The molecule has 0 aliphatic heterocycles. The maximum absolute atomic E-state index is 12.1. The number of benzene rings is 1. The van der Waals surface area contributed by atoms with Gasteiger partial charge in [0.15, 0.2) is 6.61 Å². The quantitative estimate of drug-likeness (QED) is 0.804. The van der Waals surface area contributed by atoms with Crippen molar-refractivity contribution in [1.29, 1.82) is 0 Å². The van der Waals surface area contributed by atoms with E-state index in [1.54, 1.807) is 24.3 Å². The molecule has 2 bridgehead atoms. The number of rotatable bonds is 5. The molecule has 0 saturated heterocycles. The Balaban J connectivity index is 1.61. The van der Waals surface area contributed by atoms with E-state index in [1.807, 2.05) is 0 Å². The number of fused-ring (bicyclic) bond motifs is 2. The van der Waals surface area contributed by atoms with Crippen molar-refractivity contribution < 1.29 is 14.3 Å². The van der Waals surface area contributed by atoms with E-state index in [9.17, 15) is 9.59 Å². The number of nitrogens with one attached hydrogen (secondary N) is 1. The zero-order chi connectivity index (χ0) is 18.2. The molecule has 2 aliphatic rings. The Hall–Kier alpha value is -2.37. The summed E-state index contributed by atoms with van der Waals surface area (Å²) in [6.07, 6.45) is 3.28. The van der Waals surface area contributed by atoms with Crippen LogP contribution < -0.4 is 15.9 Å². The van der Waals surface area contributed by atoms with Gasteiger partial charge in [-0.05, 0) is 42.7 Å². The highest BCUT2D eigenvalue weighted by Gasteiger charge is 2.59. The number of para-hydroxylation sites is 1. The summed E-state index contributed by atoms with van der Waals surface area (Å²) in [4.78, 5) is 23.4. The Kier molecular flexibility index (Phi) is 4.31. The van der Waals surface area contributed by atoms with Crippen LogP contribution >= 0.6 is 0 Å². The van der Waals surface area contributed by atoms with Gasteiger partial charge in [-0.2, -0.15) is 5.10 Å². The molecule has 2 saturated carbocycles. The number of carbonyl (C=O) groups is 2. The molecule has 0 spiro atoms. The number of nitrogens with two attached hydrogens (primary N) is 1. The molecule has 6 heteroatoms. The molecule has 2 fully saturated rings. The van der Waals surface area contributed by atoms with Gasteiger partial charge in [0.05, 0.1) is 5.56 Å². The summed E-state index contributed by atoms with van der Waals surface area (Å²) in [5.74, 6) is -0.0120. The second kappa shape index (κ2) is 6.17. The van der Waals surface area contributed by atoms with Gasteiger partial charge in [0.1, 0.15) is 5.75 Å². The molecule has 0 heterocycles. The molecule has 0 aromatic heterocycles. The van der Waals surface area contributed by atoms with Gasteiger partial charge in [0.2, 0.25) is 0 Å². The molecule has 3 rings (SSSR count). The smallest absolute Gasteiger partial charge is 0.277 e. The molecular formula is C19H25N3O3. The Labute approximate surface area is 147 Å². The van der Waals surface area contributed by atoms with Crippen molar-refractivity contribution in [3.63, 3.8) is 0 Å². The largest absolute Gasteiger partial charge is 0.483 e. The third-order valence-corrected chi connectivity index (χ3v) is 6.34. The Morgan fingerprint density at radius 1 is 1.32 bits per heavy atom. The first kappa shape index (κ1) is 17.5. The van der Waals surface area contributed by atoms with Crippen LogP contribution in [0.5, 0.6) is 5.75 Å². The molecule has 2 amide bonds. The van der Waals surface area contributed by atoms with Crippen LogP contribution in [0.15, 0.2) is 29.4 Å². The zero-order valence-corrected chi connectivity index (χ0v) is 15.0. The molecule has 2 unspecified atom stereocenters. The third kappa shape index (κ3) is 2.90. The topological polar surface area (TPSA) is 93.8 Å². The first-order chi connectivity index (χ1) is 11.8. The highest BCUT2D eigenvalue weighted by molar-refractivity contribution is 5.96. The average molecular weight is 343 g/mol. The molecule has 1 aromatic rings. The molecule has 0 radical (unpaired) electrons. The van der Waals surface area contributed by atoms with Gasteiger partial charge in [-0.25, -0.2) is 5.43 Å². The lowest BCUT2D eigenvalue weighted by Crippen LogP contribution is -2.35. The molecular weight excluding hydrogens is 318 g/mol. The zero-order valence-electron chi connectivity index (χ0n) is 15.0. The monoisotopic (exact) mass is 343 g/mol. The fraction of sp³-hybridized carbons (Fsp3) is 0.526. The number of amides is 2. The number of carbonyl (C=O) groups excluding carboxylic acids is 2. The number of hydrogen-bond donors (Lipinski definition) is 2. The highest BCUT2D eigenvalue weighted by Crippen LogP contribution is 2.63. The fourth-order valence-electron chi connectivity index (χ4n) is 4.20. The molecule has 1 aromatic carbocycles. The van der Waals surface area contributed by atoms with E-state index < -0.39 is 5.91 Å². The van der Waals surface area contributed by atoms with Gasteiger partial charge in [-0.15, -0.1) is 0 Å². The van der Waals surface area contributed by atoms with Crippen LogP contribution in [-0.2, 0) is 4.79 Å². The van der Waals surface area contributed by atoms with Crippen molar-refractivity contribution in [2.75, 3.05) is 6.61 Å². The molecule has 2 atom stereocenters. The van der Waals surface area contributed by atoms with Crippen molar-refractivity contribution >= 4 is 17.5 Å². The van der Waals surface area contributed by atoms with Gasteiger partial charge in [0.25, 0.3) is 11.8 Å². The number of hydrogen-bond acceptors (Lipinski definition) is 4. The van der Waals surface area contributed by atoms with Crippen molar-refractivity contribution in [3.8, 4) is 5.75 Å². The average Bonchev–Trinajstić information content (AvgIpc) is 2.91. The summed E-state index contributed by atoms with van der Waals surface area (Å²) in [5, 5.41) is 4.39. The first-order valence-corrected chi connectivity index (χ1v) is 8.63. The second-order valence-electron chi connectivity index (χ2n) is 7.74. The second-order valence-corrected chi connectivity index (χ2v) is 7.74. The summed E-state index contributed by atoms with van der Waals surface area (Å²) in [6, 6.07) is 6.58. The van der Waals surface area contributed by atoms with Crippen LogP contribution in [0.4, 0.5) is 0 Å². The van der Waals surface area contributed by atoms with E-state index in [1.165, 1.54) is 6.42 Å². The first-order valence-electron chi connectivity index (χ1n) is 8.63. The van der Waals surface area contributed by atoms with Crippen LogP contribution in [-0.4, -0.2) is 24.1 Å². The normalized spacial score (nSPS) is 28.1. The lowest BCUT2D eigenvalue weighted by Gasteiger charge is -2.34. The minimum atomic E-state index is -0.589. The summed E-state index contributed by atoms with van der Waals surface area (Å²) in [6.45, 7) is 6.60. The highest BCUT2D eigenvalue weighted by atomic mass is 16.5. The van der Waals surface area contributed by atoms with Gasteiger partial charge in [0, 0.05) is 11.1 Å². The van der Waals surface area contributed by atoms with E-state index in [4.69, 9.17) is 10.5 Å². The summed E-state index contributed by atoms with van der Waals surface area (Å²) < 4.78 is 5.42. The minimum Gasteiger partial charge on any atom is -0.483 e. The predicted molar refractivity (Wildman–Crippen MR) is 95.3 cm³/mol. The maximum Gasteiger partial charge on any atom is 0.277 e. The summed E-state index contributed by atoms with van der Waals surface area (Å²) >= 11 is 0. The number of primary amides is 1. The molecule has 134 valence electrons. The number of hydrazone groups is 1. The SMILES string of the molecule is CC12CCC(C/C1=N\NC(=O)COc1ccccc1C(N)=O)C2(C)C. The van der Waals surface area contributed by atoms with E-state index in [-0.39, 0.29) is 28.9 Å². The maximum atomic E-state index is 12.1. The van der Waals surface area contributed by atoms with Crippen LogP contribution in [0, 0.1) is 16.7 Å². The van der Waals surface area contributed by atoms with Gasteiger partial charge in [-0.1, -0.05) is 32.9 Å². The number of nitrogens with zero attached hydrogens (tertiary/aromatic N) is 1. The molecule has 3 N–H and O–H groups in total. The van der Waals surface area contributed by atoms with Crippen LogP contribution in [0.2, 0.25) is 0 Å². The van der Waals surface area contributed by atoms with E-state index in [2.05, 4.69) is 31.3 Å². The Bertz CT molecular complexity index is 741. The van der Waals surface area contributed by atoms with E-state index in [0.717, 1.165) is 18.6 Å². The standard InChI is InChI=1S/C19H25N3O3/c1-18(2)12-8-9-19(18,3)15(10-12)21-22-16(23)11-25-14-7-5-4-6-13(14)17(20)24/h4-7,12H,8-11H2,1-3H3,(H2,20,24)(H,22,23)/b21-15+. The van der Waals surface area contributed by atoms with Gasteiger partial charge in [-0.3, -0.25) is 9.59 Å². The van der Waals surface area contributed by atoms with Crippen molar-refractivity contribution in [3.05, 3.63) is 29.8 Å². The predicted octanol–water partition coefficient (Wildman–Crippen LogP) is 2.48. The van der Waals surface area contributed by atoms with E-state index >= 15 is 0 Å². The van der Waals surface area contributed by atoms with Crippen molar-refractivity contribution in [2.24, 2.45) is 27.6 Å². The van der Waals surface area contributed by atoms with Gasteiger partial charge >= 0.3 is 0 Å². The third-order valence-electron chi connectivity index (χ3n) is 6.34. The minimum absolute atomic E-state index is 0.0460. The Morgan fingerprint density at radius 3 is 2.64 bits per heavy atom. The van der Waals surface area contributed by atoms with Crippen molar-refractivity contribution in [2.45, 2.75) is 40.0 Å². The Morgan fingerprint density at radius 2 is 2.04 bits per heavy atom. The van der Waals surface area contributed by atoms with Gasteiger partial charge < -0.3 is 10.5 Å². The van der Waals surface area contributed by atoms with E-state index in [0.29, 0.717) is 11.7 Å².